The van der Waals surface area contributed by atoms with Crippen molar-refractivity contribution >= 4 is 11.8 Å². The molecule has 2 heterocycles. The Morgan fingerprint density at radius 2 is 2.21 bits per heavy atom. The van der Waals surface area contributed by atoms with Crippen LogP contribution in [0.5, 0.6) is 0 Å². The van der Waals surface area contributed by atoms with Crippen LogP contribution in [0.4, 0.5) is 0 Å². The van der Waals surface area contributed by atoms with Gasteiger partial charge >= 0.3 is 0 Å². The van der Waals surface area contributed by atoms with Crippen molar-refractivity contribution in [2.75, 3.05) is 26.3 Å². The maximum atomic E-state index is 12.4. The van der Waals surface area contributed by atoms with E-state index in [1.807, 2.05) is 0 Å². The molecule has 2 unspecified atom stereocenters. The fourth-order valence-electron chi connectivity index (χ4n) is 2.82. The Kier molecular flexibility index (Phi) is 4.80. The number of rotatable bonds is 4. The molecular weight excluding hydrogens is 244 g/mol. The van der Waals surface area contributed by atoms with Crippen LogP contribution >= 0.6 is 0 Å². The molecular formula is C14H24N2O3. The van der Waals surface area contributed by atoms with Crippen molar-refractivity contribution in [1.29, 1.82) is 0 Å². The third-order valence-electron chi connectivity index (χ3n) is 3.72. The first-order chi connectivity index (χ1) is 9.06. The smallest absolute Gasteiger partial charge is 0.245 e. The van der Waals surface area contributed by atoms with Gasteiger partial charge in [-0.05, 0) is 31.1 Å². The number of ether oxygens (including phenoxy) is 1. The van der Waals surface area contributed by atoms with Gasteiger partial charge in [-0.25, -0.2) is 0 Å². The van der Waals surface area contributed by atoms with E-state index >= 15 is 0 Å². The molecule has 2 atom stereocenters. The van der Waals surface area contributed by atoms with Crippen molar-refractivity contribution in [2.24, 2.45) is 11.8 Å². The summed E-state index contributed by atoms with van der Waals surface area (Å²) >= 11 is 0. The minimum absolute atomic E-state index is 0.0398. The average molecular weight is 268 g/mol. The summed E-state index contributed by atoms with van der Waals surface area (Å²) in [5, 5.41) is 2.80. The second-order valence-electron chi connectivity index (χ2n) is 6.05. The van der Waals surface area contributed by atoms with Gasteiger partial charge in [-0.1, -0.05) is 13.8 Å². The molecule has 19 heavy (non-hydrogen) atoms. The predicted molar refractivity (Wildman–Crippen MR) is 71.5 cm³/mol. The Labute approximate surface area is 114 Å². The highest BCUT2D eigenvalue weighted by Gasteiger charge is 2.34. The molecule has 0 radical (unpaired) electrons. The SMILES string of the molecule is CC(C)CC1NC(=O)CN(CC2CCCOC2)C1=O. The number of piperazine rings is 1. The summed E-state index contributed by atoms with van der Waals surface area (Å²) in [6.07, 6.45) is 2.84. The first-order valence-electron chi connectivity index (χ1n) is 7.22. The van der Waals surface area contributed by atoms with E-state index in [4.69, 9.17) is 4.74 Å². The number of carbonyl (C=O) groups is 2. The van der Waals surface area contributed by atoms with Gasteiger partial charge in [0.1, 0.15) is 6.04 Å². The van der Waals surface area contributed by atoms with Crippen molar-refractivity contribution in [1.82, 2.24) is 10.2 Å². The molecule has 108 valence electrons. The Balaban J connectivity index is 1.94. The van der Waals surface area contributed by atoms with Crippen LogP contribution in [0.25, 0.3) is 0 Å². The quantitative estimate of drug-likeness (QED) is 0.820. The highest BCUT2D eigenvalue weighted by Crippen LogP contribution is 2.18. The number of hydrogen-bond acceptors (Lipinski definition) is 3. The second-order valence-corrected chi connectivity index (χ2v) is 6.05. The molecule has 2 amide bonds. The normalized spacial score (nSPS) is 28.7. The molecule has 5 nitrogen and oxygen atoms in total. The van der Waals surface area contributed by atoms with Gasteiger partial charge in [-0.2, -0.15) is 0 Å². The lowest BCUT2D eigenvalue weighted by molar-refractivity contribution is -0.146. The molecule has 5 heteroatoms. The van der Waals surface area contributed by atoms with Crippen LogP contribution in [-0.2, 0) is 14.3 Å². The van der Waals surface area contributed by atoms with Crippen LogP contribution in [-0.4, -0.2) is 49.1 Å². The number of hydrogen-bond donors (Lipinski definition) is 1. The molecule has 2 saturated heterocycles. The second kappa shape index (κ2) is 6.37. The van der Waals surface area contributed by atoms with Gasteiger partial charge in [0.25, 0.3) is 0 Å². The lowest BCUT2D eigenvalue weighted by Gasteiger charge is -2.36. The summed E-state index contributed by atoms with van der Waals surface area (Å²) in [5.41, 5.74) is 0. The van der Waals surface area contributed by atoms with Crippen LogP contribution in [0.2, 0.25) is 0 Å². The van der Waals surface area contributed by atoms with Gasteiger partial charge in [0, 0.05) is 13.2 Å². The number of nitrogens with zero attached hydrogens (tertiary/aromatic N) is 1. The minimum atomic E-state index is -0.342. The Bertz CT molecular complexity index is 338. The van der Waals surface area contributed by atoms with E-state index in [0.29, 0.717) is 31.4 Å². The van der Waals surface area contributed by atoms with Crippen molar-refractivity contribution in [3.8, 4) is 0 Å². The number of carbonyl (C=O) groups excluding carboxylic acids is 2. The lowest BCUT2D eigenvalue weighted by atomic mass is 9.98. The Morgan fingerprint density at radius 1 is 1.42 bits per heavy atom. The van der Waals surface area contributed by atoms with Crippen molar-refractivity contribution in [2.45, 2.75) is 39.2 Å². The van der Waals surface area contributed by atoms with Crippen LogP contribution in [0.15, 0.2) is 0 Å². The number of nitrogens with one attached hydrogen (secondary N) is 1. The molecule has 1 N–H and O–H groups in total. The summed E-state index contributed by atoms with van der Waals surface area (Å²) in [4.78, 5) is 25.8. The van der Waals surface area contributed by atoms with Gasteiger partial charge in [-0.3, -0.25) is 9.59 Å². The zero-order valence-electron chi connectivity index (χ0n) is 11.9. The average Bonchev–Trinajstić information content (AvgIpc) is 2.35. The highest BCUT2D eigenvalue weighted by molar-refractivity contribution is 5.94. The first kappa shape index (κ1) is 14.3. The molecule has 2 aliphatic rings. The van der Waals surface area contributed by atoms with Crippen molar-refractivity contribution in [3.05, 3.63) is 0 Å². The Morgan fingerprint density at radius 3 is 2.84 bits per heavy atom. The van der Waals surface area contributed by atoms with E-state index in [2.05, 4.69) is 19.2 Å². The van der Waals surface area contributed by atoms with Gasteiger partial charge in [0.2, 0.25) is 11.8 Å². The molecule has 0 spiro atoms. The molecule has 0 aromatic rings. The predicted octanol–water partition coefficient (Wildman–Crippen LogP) is 0.786. The zero-order valence-corrected chi connectivity index (χ0v) is 11.9. The highest BCUT2D eigenvalue weighted by atomic mass is 16.5. The van der Waals surface area contributed by atoms with Crippen LogP contribution < -0.4 is 5.32 Å². The molecule has 0 aromatic carbocycles. The summed E-state index contributed by atoms with van der Waals surface area (Å²) in [6, 6.07) is -0.342. The summed E-state index contributed by atoms with van der Waals surface area (Å²) in [7, 11) is 0. The Hall–Kier alpha value is -1.10. The molecule has 2 aliphatic heterocycles. The van der Waals surface area contributed by atoms with Gasteiger partial charge < -0.3 is 15.0 Å². The first-order valence-corrected chi connectivity index (χ1v) is 7.22. The summed E-state index contributed by atoms with van der Waals surface area (Å²) < 4.78 is 5.44. The van der Waals surface area contributed by atoms with Crippen LogP contribution in [0.1, 0.15) is 33.1 Å². The van der Waals surface area contributed by atoms with Crippen LogP contribution in [0.3, 0.4) is 0 Å². The fraction of sp³-hybridized carbons (Fsp3) is 0.857. The van der Waals surface area contributed by atoms with E-state index in [9.17, 15) is 9.59 Å². The monoisotopic (exact) mass is 268 g/mol. The minimum Gasteiger partial charge on any atom is -0.381 e. The maximum absolute atomic E-state index is 12.4. The molecule has 0 aliphatic carbocycles. The molecule has 2 rings (SSSR count). The third kappa shape index (κ3) is 3.93. The van der Waals surface area contributed by atoms with E-state index in [0.717, 1.165) is 19.4 Å². The topological polar surface area (TPSA) is 58.6 Å². The van der Waals surface area contributed by atoms with E-state index in [1.54, 1.807) is 4.90 Å². The fourth-order valence-corrected chi connectivity index (χ4v) is 2.82. The maximum Gasteiger partial charge on any atom is 0.245 e. The molecule has 2 fully saturated rings. The van der Waals surface area contributed by atoms with Gasteiger partial charge in [-0.15, -0.1) is 0 Å². The van der Waals surface area contributed by atoms with Crippen LogP contribution in [0, 0.1) is 11.8 Å². The van der Waals surface area contributed by atoms with Gasteiger partial charge in [0.15, 0.2) is 0 Å². The molecule has 0 bridgehead atoms. The van der Waals surface area contributed by atoms with E-state index in [-0.39, 0.29) is 24.4 Å². The van der Waals surface area contributed by atoms with Crippen molar-refractivity contribution in [3.63, 3.8) is 0 Å². The van der Waals surface area contributed by atoms with Crippen molar-refractivity contribution < 1.29 is 14.3 Å². The summed E-state index contributed by atoms with van der Waals surface area (Å²) in [5.74, 6) is 0.802. The lowest BCUT2D eigenvalue weighted by Crippen LogP contribution is -2.59. The largest absolute Gasteiger partial charge is 0.381 e. The standard InChI is InChI=1S/C14H24N2O3/c1-10(2)6-12-14(18)16(8-13(17)15-12)7-11-4-3-5-19-9-11/h10-12H,3-9H2,1-2H3,(H,15,17). The zero-order chi connectivity index (χ0) is 13.8. The molecule has 0 aromatic heterocycles. The number of amides is 2. The van der Waals surface area contributed by atoms with Gasteiger partial charge in [0.05, 0.1) is 13.2 Å². The summed E-state index contributed by atoms with van der Waals surface area (Å²) in [6.45, 7) is 6.51. The van der Waals surface area contributed by atoms with E-state index < -0.39 is 0 Å². The third-order valence-corrected chi connectivity index (χ3v) is 3.72. The molecule has 0 saturated carbocycles. The van der Waals surface area contributed by atoms with E-state index in [1.165, 1.54) is 0 Å².